The Balaban J connectivity index is 1.98. The number of aromatic hydroxyl groups is 1. The van der Waals surface area contributed by atoms with Crippen molar-refractivity contribution in [2.24, 2.45) is 0 Å². The van der Waals surface area contributed by atoms with Crippen molar-refractivity contribution in [3.05, 3.63) is 42.2 Å². The zero-order valence-electron chi connectivity index (χ0n) is 12.6. The van der Waals surface area contributed by atoms with Crippen molar-refractivity contribution in [3.8, 4) is 16.3 Å². The summed E-state index contributed by atoms with van der Waals surface area (Å²) in [4.78, 5) is 4.38. The average Bonchev–Trinajstić information content (AvgIpc) is 2.82. The molecule has 3 aromatic rings. The Bertz CT molecular complexity index is 848. The van der Waals surface area contributed by atoms with Crippen LogP contribution in [-0.4, -0.2) is 17.1 Å². The summed E-state index contributed by atoms with van der Waals surface area (Å²) < 4.78 is 36.1. The molecule has 0 atom stereocenters. The van der Waals surface area contributed by atoms with Crippen molar-refractivity contribution < 1.29 is 13.6 Å². The number of aromatic nitrogens is 1. The van der Waals surface area contributed by atoms with Crippen LogP contribution in [0.25, 0.3) is 20.8 Å². The van der Waals surface area contributed by atoms with E-state index in [1.165, 1.54) is 29.5 Å². The van der Waals surface area contributed by atoms with Gasteiger partial charge in [-0.05, 0) is 36.4 Å². The summed E-state index contributed by atoms with van der Waals surface area (Å²) in [6.45, 7) is -2.45. The molecule has 0 aliphatic heterocycles. The van der Waals surface area contributed by atoms with Crippen LogP contribution < -0.4 is 5.32 Å². The van der Waals surface area contributed by atoms with Crippen molar-refractivity contribution >= 4 is 27.2 Å². The van der Waals surface area contributed by atoms with Crippen LogP contribution in [0.4, 0.5) is 10.1 Å². The maximum Gasteiger partial charge on any atom is 0.146 e. The number of halogens is 1. The number of anilines is 1. The molecule has 0 aliphatic rings. The molecule has 1 heterocycles. The molecule has 0 bridgehead atoms. The number of rotatable bonds is 2. The molecule has 0 amide bonds. The highest BCUT2D eigenvalue weighted by molar-refractivity contribution is 7.21. The van der Waals surface area contributed by atoms with Crippen LogP contribution in [0.2, 0.25) is 0 Å². The number of benzene rings is 2. The normalized spacial score (nSPS) is 13.8. The second kappa shape index (κ2) is 4.51. The van der Waals surface area contributed by atoms with Gasteiger partial charge in [0.1, 0.15) is 16.6 Å². The summed E-state index contributed by atoms with van der Waals surface area (Å²) in [6.07, 6.45) is 0. The maximum absolute atomic E-state index is 14.0. The Morgan fingerprint density at radius 3 is 3.00 bits per heavy atom. The van der Waals surface area contributed by atoms with Gasteiger partial charge in [0.25, 0.3) is 0 Å². The van der Waals surface area contributed by atoms with E-state index in [1.54, 1.807) is 18.2 Å². The maximum atomic E-state index is 14.0. The zero-order valence-corrected chi connectivity index (χ0v) is 10.5. The highest BCUT2D eigenvalue weighted by Gasteiger charge is 2.09. The second-order valence-electron chi connectivity index (χ2n) is 3.99. The number of hydrogen-bond donors (Lipinski definition) is 2. The second-order valence-corrected chi connectivity index (χ2v) is 5.02. The van der Waals surface area contributed by atoms with E-state index in [4.69, 9.17) is 4.11 Å². The Morgan fingerprint density at radius 1 is 1.32 bits per heavy atom. The highest BCUT2D eigenvalue weighted by atomic mass is 32.1. The van der Waals surface area contributed by atoms with Crippen molar-refractivity contribution in [2.45, 2.75) is 0 Å². The number of thiazole rings is 1. The van der Waals surface area contributed by atoms with Crippen LogP contribution in [-0.2, 0) is 0 Å². The van der Waals surface area contributed by atoms with Crippen molar-refractivity contribution in [1.82, 2.24) is 4.98 Å². The standard InChI is InChI=1S/C14H11FN2OS/c1-16-11-4-2-8(6-10(11)15)14-17-12-5-3-9(18)7-13(12)19-14/h2-7,16,18H,1H3/i1D3,15-1. The molecule has 3 nitrogen and oxygen atoms in total. The first-order valence-corrected chi connectivity index (χ1v) is 6.31. The summed E-state index contributed by atoms with van der Waals surface area (Å²) >= 11 is 1.32. The summed E-state index contributed by atoms with van der Waals surface area (Å²) in [5, 5.41) is 12.2. The Labute approximate surface area is 117 Å². The summed E-state index contributed by atoms with van der Waals surface area (Å²) in [5.41, 5.74) is 1.18. The van der Waals surface area contributed by atoms with Gasteiger partial charge >= 0.3 is 0 Å². The van der Waals surface area contributed by atoms with Gasteiger partial charge in [-0.1, -0.05) is 0 Å². The van der Waals surface area contributed by atoms with Crippen molar-refractivity contribution in [3.63, 3.8) is 0 Å². The van der Waals surface area contributed by atoms with Crippen LogP contribution in [0.1, 0.15) is 4.11 Å². The number of phenolic OH excluding ortho intramolecular Hbond substituents is 1. The molecule has 2 N–H and O–H groups in total. The Morgan fingerprint density at radius 2 is 2.21 bits per heavy atom. The van der Waals surface area contributed by atoms with Gasteiger partial charge in [-0.2, -0.15) is 0 Å². The SMILES string of the molecule is [2H]C([2H])([2H])Nc1ccc(-c2nc3ccc(O)cc3s2)cc1[18F]. The van der Waals surface area contributed by atoms with Gasteiger partial charge in [0.05, 0.1) is 15.9 Å². The first-order valence-electron chi connectivity index (χ1n) is 6.99. The van der Waals surface area contributed by atoms with Crippen LogP contribution >= 0.6 is 11.3 Å². The summed E-state index contributed by atoms with van der Waals surface area (Å²) in [5.74, 6) is -0.512. The molecular weight excluding hydrogens is 262 g/mol. The minimum atomic E-state index is -2.45. The van der Waals surface area contributed by atoms with E-state index < -0.39 is 12.8 Å². The lowest BCUT2D eigenvalue weighted by atomic mass is 10.2. The molecule has 0 unspecified atom stereocenters. The molecule has 19 heavy (non-hydrogen) atoms. The topological polar surface area (TPSA) is 45.2 Å². The van der Waals surface area contributed by atoms with Gasteiger partial charge in [-0.15, -0.1) is 11.3 Å². The molecule has 0 saturated carbocycles. The third kappa shape index (κ3) is 2.13. The van der Waals surface area contributed by atoms with Crippen LogP contribution in [0.5, 0.6) is 5.75 Å². The fourth-order valence-corrected chi connectivity index (χ4v) is 2.78. The lowest BCUT2D eigenvalue weighted by Gasteiger charge is -2.03. The van der Waals surface area contributed by atoms with E-state index >= 15 is 0 Å². The third-order valence-electron chi connectivity index (χ3n) is 2.72. The molecule has 0 radical (unpaired) electrons. The largest absolute Gasteiger partial charge is 0.508 e. The monoisotopic (exact) mass is 276 g/mol. The molecule has 2 aromatic carbocycles. The number of fused-ring (bicyclic) bond motifs is 1. The van der Waals surface area contributed by atoms with E-state index in [2.05, 4.69) is 10.3 Å². The van der Waals surface area contributed by atoms with Crippen LogP contribution in [0.15, 0.2) is 36.4 Å². The van der Waals surface area contributed by atoms with Gasteiger partial charge in [0.15, 0.2) is 0 Å². The molecule has 0 fully saturated rings. The van der Waals surface area contributed by atoms with Gasteiger partial charge in [0.2, 0.25) is 0 Å². The minimum Gasteiger partial charge on any atom is -0.508 e. The lowest BCUT2D eigenvalue weighted by molar-refractivity contribution is 0.476. The van der Waals surface area contributed by atoms with Crippen molar-refractivity contribution in [2.75, 3.05) is 12.3 Å². The smallest absolute Gasteiger partial charge is 0.146 e. The van der Waals surface area contributed by atoms with E-state index in [9.17, 15) is 9.50 Å². The van der Waals surface area contributed by atoms with E-state index in [0.717, 1.165) is 4.70 Å². The highest BCUT2D eigenvalue weighted by Crippen LogP contribution is 2.33. The average molecular weight is 276 g/mol. The molecular formula is C14H11FN2OS. The molecule has 0 aliphatic carbocycles. The first-order chi connectivity index (χ1) is 10.3. The Hall–Kier alpha value is -2.14. The lowest BCUT2D eigenvalue weighted by Crippen LogP contribution is -1.92. The van der Waals surface area contributed by atoms with Crippen molar-refractivity contribution in [1.29, 1.82) is 0 Å². The number of nitrogens with one attached hydrogen (secondary N) is 1. The summed E-state index contributed by atoms with van der Waals surface area (Å²) in [6, 6.07) is 9.04. The van der Waals surface area contributed by atoms with E-state index in [1.807, 2.05) is 0 Å². The van der Waals surface area contributed by atoms with Crippen LogP contribution in [0, 0.1) is 5.82 Å². The number of hydrogen-bond acceptors (Lipinski definition) is 4. The molecule has 96 valence electrons. The molecule has 0 saturated heterocycles. The minimum absolute atomic E-state index is 0.0810. The van der Waals surface area contributed by atoms with Gasteiger partial charge in [-0.25, -0.2) is 9.37 Å². The zero-order chi connectivity index (χ0) is 15.9. The third-order valence-corrected chi connectivity index (χ3v) is 3.79. The molecule has 5 heteroatoms. The fraction of sp³-hybridized carbons (Fsp3) is 0.0714. The van der Waals surface area contributed by atoms with Crippen LogP contribution in [0.3, 0.4) is 0 Å². The number of nitrogens with zero attached hydrogens (tertiary/aromatic N) is 1. The van der Waals surface area contributed by atoms with Gasteiger partial charge in [0, 0.05) is 16.7 Å². The van der Waals surface area contributed by atoms with Gasteiger partial charge in [-0.3, -0.25) is 0 Å². The van der Waals surface area contributed by atoms with E-state index in [0.29, 0.717) is 16.1 Å². The quantitative estimate of drug-likeness (QED) is 0.747. The Kier molecular flexibility index (Phi) is 2.11. The van der Waals surface area contributed by atoms with Gasteiger partial charge < -0.3 is 10.4 Å². The fourth-order valence-electron chi connectivity index (χ4n) is 1.79. The first kappa shape index (κ1) is 8.87. The molecule has 1 aromatic heterocycles. The van der Waals surface area contributed by atoms with E-state index in [-0.39, 0.29) is 11.4 Å². The predicted octanol–water partition coefficient (Wildman–Crippen LogP) is 3.85. The molecule has 3 rings (SSSR count). The molecule has 0 spiro atoms. The summed E-state index contributed by atoms with van der Waals surface area (Å²) in [7, 11) is 0. The predicted molar refractivity (Wildman–Crippen MR) is 76.2 cm³/mol. The number of phenols is 1.